The molecule has 1 aliphatic carbocycles. The second-order valence-corrected chi connectivity index (χ2v) is 7.73. The number of sulfonamides is 1. The Labute approximate surface area is 143 Å². The highest BCUT2D eigenvalue weighted by Crippen LogP contribution is 2.28. The molecule has 126 valence electrons. The van der Waals surface area contributed by atoms with Crippen molar-refractivity contribution in [2.45, 2.75) is 36.6 Å². The fourth-order valence-corrected chi connectivity index (χ4v) is 4.65. The third-order valence-corrected chi connectivity index (χ3v) is 6.05. The summed E-state index contributed by atoms with van der Waals surface area (Å²) in [7, 11) is -3.53. The van der Waals surface area contributed by atoms with E-state index in [4.69, 9.17) is 5.73 Å². The van der Waals surface area contributed by atoms with E-state index in [1.165, 1.54) is 12.8 Å². The molecule has 2 aromatic rings. The van der Waals surface area contributed by atoms with Crippen molar-refractivity contribution in [3.05, 3.63) is 42.5 Å². The maximum Gasteiger partial charge on any atom is 0.240 e. The number of nitrogens with one attached hydrogen (secondary N) is 1. The van der Waals surface area contributed by atoms with E-state index in [1.54, 1.807) is 12.1 Å². The van der Waals surface area contributed by atoms with E-state index in [0.29, 0.717) is 17.4 Å². The van der Waals surface area contributed by atoms with Crippen LogP contribution in [0, 0.1) is 5.92 Å². The molecule has 1 aliphatic rings. The van der Waals surface area contributed by atoms with Crippen LogP contribution in [0.4, 0.5) is 0 Å². The van der Waals surface area contributed by atoms with Gasteiger partial charge in [-0.3, -0.25) is 0 Å². The molecule has 4 nitrogen and oxygen atoms in total. The van der Waals surface area contributed by atoms with Crippen molar-refractivity contribution in [1.29, 1.82) is 0 Å². The molecule has 1 unspecified atom stereocenters. The predicted octanol–water partition coefficient (Wildman–Crippen LogP) is 3.06. The molecule has 0 aromatic heterocycles. The van der Waals surface area contributed by atoms with E-state index >= 15 is 0 Å². The fourth-order valence-electron chi connectivity index (χ4n) is 3.30. The van der Waals surface area contributed by atoms with Gasteiger partial charge < -0.3 is 5.73 Å². The van der Waals surface area contributed by atoms with Gasteiger partial charge in [0.1, 0.15) is 0 Å². The molecule has 0 bridgehead atoms. The minimum Gasteiger partial charge on any atom is -0.329 e. The van der Waals surface area contributed by atoms with Crippen LogP contribution < -0.4 is 10.5 Å². The normalized spacial score (nSPS) is 17.1. The van der Waals surface area contributed by atoms with Crippen LogP contribution in [-0.2, 0) is 10.0 Å². The van der Waals surface area contributed by atoms with Gasteiger partial charge in [-0.2, -0.15) is 0 Å². The Morgan fingerprint density at radius 1 is 1.09 bits per heavy atom. The molecule has 2 aromatic carbocycles. The second kappa shape index (κ2) is 7.62. The van der Waals surface area contributed by atoms with E-state index in [-0.39, 0.29) is 18.4 Å². The highest BCUT2D eigenvalue weighted by Gasteiger charge is 2.28. The zero-order chi connectivity index (χ0) is 15.6. The molecule has 0 spiro atoms. The van der Waals surface area contributed by atoms with Gasteiger partial charge in [-0.1, -0.05) is 43.2 Å². The quantitative estimate of drug-likeness (QED) is 0.866. The van der Waals surface area contributed by atoms with Gasteiger partial charge in [0.2, 0.25) is 10.0 Å². The molecule has 0 aliphatic heterocycles. The number of hydrogen-bond acceptors (Lipinski definition) is 3. The van der Waals surface area contributed by atoms with Crippen LogP contribution in [0.3, 0.4) is 0 Å². The summed E-state index contributed by atoms with van der Waals surface area (Å²) in [6.45, 7) is 0.345. The van der Waals surface area contributed by atoms with Crippen molar-refractivity contribution in [3.63, 3.8) is 0 Å². The maximum atomic E-state index is 12.6. The maximum absolute atomic E-state index is 12.6. The Morgan fingerprint density at radius 2 is 1.74 bits per heavy atom. The minimum absolute atomic E-state index is 0. The van der Waals surface area contributed by atoms with Crippen LogP contribution in [-0.4, -0.2) is 21.0 Å². The average Bonchev–Trinajstić information content (AvgIpc) is 3.06. The molecular weight excluding hydrogens is 332 g/mol. The molecule has 6 heteroatoms. The van der Waals surface area contributed by atoms with E-state index in [1.807, 2.05) is 30.3 Å². The first-order chi connectivity index (χ1) is 10.6. The van der Waals surface area contributed by atoms with E-state index < -0.39 is 10.0 Å². The van der Waals surface area contributed by atoms with Crippen LogP contribution in [0.15, 0.2) is 47.4 Å². The van der Waals surface area contributed by atoms with Crippen LogP contribution in [0.1, 0.15) is 25.7 Å². The Bertz CT molecular complexity index is 758. The topological polar surface area (TPSA) is 72.2 Å². The van der Waals surface area contributed by atoms with Crippen molar-refractivity contribution in [2.75, 3.05) is 6.54 Å². The summed E-state index contributed by atoms with van der Waals surface area (Å²) in [5.41, 5.74) is 5.80. The molecule has 3 N–H and O–H groups in total. The average molecular weight is 355 g/mol. The standard InChI is InChI=1S/C17H22N2O2S.ClH/c18-12-17(14-6-2-3-7-14)19-22(20,21)16-10-9-13-5-1-4-8-15(13)11-16;/h1,4-5,8-11,14,17,19H,2-3,6-7,12,18H2;1H. The lowest BCUT2D eigenvalue weighted by Crippen LogP contribution is -2.44. The minimum atomic E-state index is -3.53. The number of nitrogens with two attached hydrogens (primary N) is 1. The van der Waals surface area contributed by atoms with Crippen LogP contribution in [0.25, 0.3) is 10.8 Å². The lowest BCUT2D eigenvalue weighted by Gasteiger charge is -2.23. The van der Waals surface area contributed by atoms with E-state index in [2.05, 4.69) is 4.72 Å². The van der Waals surface area contributed by atoms with Crippen molar-refractivity contribution in [2.24, 2.45) is 11.7 Å². The zero-order valence-corrected chi connectivity index (χ0v) is 14.6. The largest absolute Gasteiger partial charge is 0.329 e. The Morgan fingerprint density at radius 3 is 2.39 bits per heavy atom. The van der Waals surface area contributed by atoms with Crippen molar-refractivity contribution < 1.29 is 8.42 Å². The summed E-state index contributed by atoms with van der Waals surface area (Å²) >= 11 is 0. The number of fused-ring (bicyclic) bond motifs is 1. The molecule has 0 saturated heterocycles. The third kappa shape index (κ3) is 4.04. The van der Waals surface area contributed by atoms with Crippen LogP contribution >= 0.6 is 12.4 Å². The fraction of sp³-hybridized carbons (Fsp3) is 0.412. The third-order valence-electron chi connectivity index (χ3n) is 4.56. The number of rotatable bonds is 5. The van der Waals surface area contributed by atoms with Gasteiger partial charge in [0.05, 0.1) is 4.90 Å². The van der Waals surface area contributed by atoms with Gasteiger partial charge >= 0.3 is 0 Å². The smallest absolute Gasteiger partial charge is 0.240 e. The summed E-state index contributed by atoms with van der Waals surface area (Å²) in [6.07, 6.45) is 4.45. The van der Waals surface area contributed by atoms with Gasteiger partial charge in [-0.15, -0.1) is 12.4 Å². The molecule has 3 rings (SSSR count). The lowest BCUT2D eigenvalue weighted by molar-refractivity contribution is 0.405. The first-order valence-electron chi connectivity index (χ1n) is 7.81. The number of hydrogen-bond donors (Lipinski definition) is 2. The lowest BCUT2D eigenvalue weighted by atomic mass is 9.99. The van der Waals surface area contributed by atoms with Gasteiger partial charge in [0.15, 0.2) is 0 Å². The van der Waals surface area contributed by atoms with Gasteiger partial charge in [0, 0.05) is 12.6 Å². The number of benzene rings is 2. The van der Waals surface area contributed by atoms with E-state index in [0.717, 1.165) is 23.6 Å². The Balaban J connectivity index is 0.00000192. The summed E-state index contributed by atoms with van der Waals surface area (Å²) < 4.78 is 28.1. The van der Waals surface area contributed by atoms with Crippen LogP contribution in [0.5, 0.6) is 0 Å². The predicted molar refractivity (Wildman–Crippen MR) is 96.3 cm³/mol. The first kappa shape index (κ1) is 18.2. The molecule has 0 heterocycles. The summed E-state index contributed by atoms with van der Waals surface area (Å²) in [5, 5.41) is 1.96. The van der Waals surface area contributed by atoms with Gasteiger partial charge in [-0.25, -0.2) is 13.1 Å². The molecule has 1 fully saturated rings. The Kier molecular flexibility index (Phi) is 6.03. The molecule has 0 radical (unpaired) electrons. The highest BCUT2D eigenvalue weighted by atomic mass is 35.5. The molecular formula is C17H23ClN2O2S. The first-order valence-corrected chi connectivity index (χ1v) is 9.30. The highest BCUT2D eigenvalue weighted by molar-refractivity contribution is 7.89. The van der Waals surface area contributed by atoms with E-state index in [9.17, 15) is 8.42 Å². The van der Waals surface area contributed by atoms with Crippen LogP contribution in [0.2, 0.25) is 0 Å². The molecule has 1 saturated carbocycles. The summed E-state index contributed by atoms with van der Waals surface area (Å²) in [6, 6.07) is 12.8. The van der Waals surface area contributed by atoms with Crippen molar-refractivity contribution in [3.8, 4) is 0 Å². The monoisotopic (exact) mass is 354 g/mol. The second-order valence-electron chi connectivity index (χ2n) is 6.02. The molecule has 1 atom stereocenters. The van der Waals surface area contributed by atoms with Crippen molar-refractivity contribution in [1.82, 2.24) is 4.72 Å². The van der Waals surface area contributed by atoms with Gasteiger partial charge in [0.25, 0.3) is 0 Å². The Hall–Kier alpha value is -1.14. The molecule has 23 heavy (non-hydrogen) atoms. The zero-order valence-electron chi connectivity index (χ0n) is 12.9. The van der Waals surface area contributed by atoms with Crippen molar-refractivity contribution >= 4 is 33.2 Å². The molecule has 0 amide bonds. The number of halogens is 1. The summed E-state index contributed by atoms with van der Waals surface area (Å²) in [5.74, 6) is 0.361. The van der Waals surface area contributed by atoms with Gasteiger partial charge in [-0.05, 0) is 41.7 Å². The SMILES string of the molecule is Cl.NCC(NS(=O)(=O)c1ccc2ccccc2c1)C1CCCC1. The summed E-state index contributed by atoms with van der Waals surface area (Å²) in [4.78, 5) is 0.308.